The number of thiazole rings is 1. The van der Waals surface area contributed by atoms with Gasteiger partial charge in [0.1, 0.15) is 5.76 Å². The van der Waals surface area contributed by atoms with Crippen LogP contribution in [0.15, 0.2) is 39.4 Å². The zero-order valence-corrected chi connectivity index (χ0v) is 15.3. The standard InChI is InChI=1S/C16H17N3O4S2/c1-16(2)6-12(20)10(13(21)7-16)8-18-15-19-11-4-3-9(25(17,22)23)5-14(11)24-15/h3-5,8,20H,6-7H2,1-2H3,(H2,17,22,23)/b18-8+. The monoisotopic (exact) mass is 379 g/mol. The Bertz CT molecular complexity index is 1030. The fourth-order valence-electron chi connectivity index (χ4n) is 2.69. The summed E-state index contributed by atoms with van der Waals surface area (Å²) in [7, 11) is -3.78. The Labute approximate surface area is 149 Å². The van der Waals surface area contributed by atoms with Gasteiger partial charge in [0.05, 0.1) is 20.7 Å². The molecule has 132 valence electrons. The van der Waals surface area contributed by atoms with E-state index < -0.39 is 10.0 Å². The lowest BCUT2D eigenvalue weighted by Gasteiger charge is -2.28. The molecule has 25 heavy (non-hydrogen) atoms. The molecule has 3 rings (SSSR count). The maximum Gasteiger partial charge on any atom is 0.238 e. The summed E-state index contributed by atoms with van der Waals surface area (Å²) < 4.78 is 23.4. The largest absolute Gasteiger partial charge is 0.511 e. The van der Waals surface area contributed by atoms with Crippen molar-refractivity contribution in [2.45, 2.75) is 31.6 Å². The van der Waals surface area contributed by atoms with E-state index in [4.69, 9.17) is 5.14 Å². The second kappa shape index (κ2) is 6.01. The van der Waals surface area contributed by atoms with Crippen LogP contribution in [-0.4, -0.2) is 30.5 Å². The van der Waals surface area contributed by atoms with Crippen LogP contribution in [0.25, 0.3) is 10.2 Å². The van der Waals surface area contributed by atoms with E-state index in [9.17, 15) is 18.3 Å². The topological polar surface area (TPSA) is 123 Å². The summed E-state index contributed by atoms with van der Waals surface area (Å²) in [6.45, 7) is 3.84. The van der Waals surface area contributed by atoms with Crippen LogP contribution in [0, 0.1) is 5.41 Å². The third-order valence-corrected chi connectivity index (χ3v) is 5.71. The van der Waals surface area contributed by atoms with Gasteiger partial charge in [-0.2, -0.15) is 0 Å². The number of carbonyl (C=O) groups is 1. The number of aliphatic hydroxyl groups is 1. The van der Waals surface area contributed by atoms with Crippen molar-refractivity contribution in [3.05, 3.63) is 29.5 Å². The van der Waals surface area contributed by atoms with Crippen molar-refractivity contribution in [2.24, 2.45) is 15.5 Å². The molecule has 0 saturated heterocycles. The maximum absolute atomic E-state index is 12.2. The molecule has 0 aliphatic heterocycles. The van der Waals surface area contributed by atoms with Crippen molar-refractivity contribution in [1.29, 1.82) is 0 Å². The molecule has 2 aromatic rings. The highest BCUT2D eigenvalue weighted by Crippen LogP contribution is 2.35. The van der Waals surface area contributed by atoms with Gasteiger partial charge in [-0.1, -0.05) is 25.2 Å². The van der Waals surface area contributed by atoms with Gasteiger partial charge in [-0.25, -0.2) is 23.5 Å². The molecule has 0 bridgehead atoms. The van der Waals surface area contributed by atoms with E-state index in [0.717, 1.165) is 0 Å². The number of aliphatic hydroxyl groups excluding tert-OH is 1. The molecule has 1 aromatic heterocycles. The van der Waals surface area contributed by atoms with Gasteiger partial charge in [0.25, 0.3) is 0 Å². The number of Topliss-reactive ketones (excluding diaryl/α,β-unsaturated/α-hetero) is 1. The molecule has 9 heteroatoms. The number of primary sulfonamides is 1. The van der Waals surface area contributed by atoms with Crippen LogP contribution >= 0.6 is 11.3 Å². The van der Waals surface area contributed by atoms with Crippen LogP contribution in [0.2, 0.25) is 0 Å². The molecule has 0 saturated carbocycles. The van der Waals surface area contributed by atoms with E-state index in [2.05, 4.69) is 9.98 Å². The quantitative estimate of drug-likeness (QED) is 0.794. The molecule has 7 nitrogen and oxygen atoms in total. The lowest BCUT2D eigenvalue weighted by atomic mass is 9.77. The highest BCUT2D eigenvalue weighted by molar-refractivity contribution is 7.89. The van der Waals surface area contributed by atoms with Gasteiger partial charge in [-0.05, 0) is 23.6 Å². The van der Waals surface area contributed by atoms with Gasteiger partial charge in [0.2, 0.25) is 15.2 Å². The Morgan fingerprint density at radius 3 is 2.72 bits per heavy atom. The van der Waals surface area contributed by atoms with Crippen molar-refractivity contribution >= 4 is 48.7 Å². The number of benzene rings is 1. The number of nitrogens with two attached hydrogens (primary N) is 1. The summed E-state index contributed by atoms with van der Waals surface area (Å²) in [5, 5.41) is 15.6. The molecule has 0 fully saturated rings. The number of nitrogens with zero attached hydrogens (tertiary/aromatic N) is 2. The van der Waals surface area contributed by atoms with E-state index in [-0.39, 0.29) is 27.4 Å². The summed E-state index contributed by atoms with van der Waals surface area (Å²) in [6, 6.07) is 4.37. The van der Waals surface area contributed by atoms with Crippen LogP contribution in [0.1, 0.15) is 26.7 Å². The number of hydrogen-bond donors (Lipinski definition) is 2. The number of ketones is 1. The van der Waals surface area contributed by atoms with E-state index in [1.165, 1.54) is 29.7 Å². The predicted molar refractivity (Wildman–Crippen MR) is 96.8 cm³/mol. The minimum Gasteiger partial charge on any atom is -0.511 e. The van der Waals surface area contributed by atoms with E-state index in [1.54, 1.807) is 6.07 Å². The number of aliphatic imine (C=N–C) groups is 1. The number of allylic oxidation sites excluding steroid dienone is 2. The summed E-state index contributed by atoms with van der Waals surface area (Å²) in [5.41, 5.74) is 0.515. The summed E-state index contributed by atoms with van der Waals surface area (Å²) in [6.07, 6.45) is 2.08. The number of carbonyl (C=O) groups excluding carboxylic acids is 1. The minimum absolute atomic E-state index is 0.00391. The van der Waals surface area contributed by atoms with Gasteiger partial charge in [-0.15, -0.1) is 0 Å². The second-order valence-corrected chi connectivity index (χ2v) is 9.30. The summed E-state index contributed by atoms with van der Waals surface area (Å²) in [5.74, 6) is -0.127. The van der Waals surface area contributed by atoms with Crippen LogP contribution in [0.4, 0.5) is 5.13 Å². The zero-order valence-electron chi connectivity index (χ0n) is 13.7. The zero-order chi connectivity index (χ0) is 18.4. The van der Waals surface area contributed by atoms with Crippen molar-refractivity contribution in [2.75, 3.05) is 0 Å². The van der Waals surface area contributed by atoms with Crippen LogP contribution in [0.5, 0.6) is 0 Å². The van der Waals surface area contributed by atoms with E-state index in [0.29, 0.717) is 28.2 Å². The first-order valence-corrected chi connectivity index (χ1v) is 9.84. The van der Waals surface area contributed by atoms with Crippen molar-refractivity contribution in [1.82, 2.24) is 4.98 Å². The van der Waals surface area contributed by atoms with Gasteiger partial charge >= 0.3 is 0 Å². The lowest BCUT2D eigenvalue weighted by Crippen LogP contribution is -2.26. The van der Waals surface area contributed by atoms with E-state index >= 15 is 0 Å². The highest BCUT2D eigenvalue weighted by atomic mass is 32.2. The Hall–Kier alpha value is -2.10. The Morgan fingerprint density at radius 1 is 1.36 bits per heavy atom. The second-order valence-electron chi connectivity index (χ2n) is 6.73. The van der Waals surface area contributed by atoms with Crippen LogP contribution in [0.3, 0.4) is 0 Å². The number of aromatic nitrogens is 1. The van der Waals surface area contributed by atoms with Gasteiger partial charge in [0.15, 0.2) is 5.78 Å². The van der Waals surface area contributed by atoms with Crippen LogP contribution in [-0.2, 0) is 14.8 Å². The molecule has 0 radical (unpaired) electrons. The average molecular weight is 379 g/mol. The van der Waals surface area contributed by atoms with Gasteiger partial charge in [0, 0.05) is 19.1 Å². The predicted octanol–water partition coefficient (Wildman–Crippen LogP) is 2.85. The maximum atomic E-state index is 12.2. The third kappa shape index (κ3) is 3.78. The van der Waals surface area contributed by atoms with Crippen molar-refractivity contribution in [3.8, 4) is 0 Å². The number of sulfonamides is 1. The first kappa shape index (κ1) is 17.7. The normalized spacial score (nSPS) is 18.4. The third-order valence-electron chi connectivity index (χ3n) is 3.88. The fraction of sp³-hybridized carbons (Fsp3) is 0.312. The smallest absolute Gasteiger partial charge is 0.238 e. The fourth-order valence-corrected chi connectivity index (χ4v) is 4.16. The highest BCUT2D eigenvalue weighted by Gasteiger charge is 2.32. The molecule has 1 aromatic carbocycles. The Morgan fingerprint density at radius 2 is 2.08 bits per heavy atom. The molecule has 0 atom stereocenters. The summed E-state index contributed by atoms with van der Waals surface area (Å²) >= 11 is 1.17. The first-order chi connectivity index (χ1) is 11.5. The molecule has 3 N–H and O–H groups in total. The average Bonchev–Trinajstić information content (AvgIpc) is 2.85. The summed E-state index contributed by atoms with van der Waals surface area (Å²) in [4.78, 5) is 20.6. The molecular weight excluding hydrogens is 362 g/mol. The number of fused-ring (bicyclic) bond motifs is 1. The van der Waals surface area contributed by atoms with Crippen molar-refractivity contribution < 1.29 is 18.3 Å². The number of hydrogen-bond acceptors (Lipinski definition) is 7. The molecule has 0 spiro atoms. The number of rotatable bonds is 3. The Kier molecular flexibility index (Phi) is 4.26. The SMILES string of the molecule is CC1(C)CC(=O)C(/C=N/c2nc3ccc(S(N)(=O)=O)cc3s2)=C(O)C1. The van der Waals surface area contributed by atoms with Crippen molar-refractivity contribution in [3.63, 3.8) is 0 Å². The molecule has 1 heterocycles. The molecule has 1 aliphatic rings. The first-order valence-electron chi connectivity index (χ1n) is 7.48. The van der Waals surface area contributed by atoms with E-state index in [1.807, 2.05) is 13.8 Å². The molecule has 0 amide bonds. The molecular formula is C16H17N3O4S2. The molecule has 1 aliphatic carbocycles. The molecule has 0 unspecified atom stereocenters. The van der Waals surface area contributed by atoms with Gasteiger partial charge in [-0.3, -0.25) is 4.79 Å². The van der Waals surface area contributed by atoms with Gasteiger partial charge < -0.3 is 5.11 Å². The Balaban J connectivity index is 1.93. The van der Waals surface area contributed by atoms with Crippen LogP contribution < -0.4 is 5.14 Å². The minimum atomic E-state index is -3.78. The lowest BCUT2D eigenvalue weighted by molar-refractivity contribution is -0.117.